The van der Waals surface area contributed by atoms with Crippen molar-refractivity contribution in [3.05, 3.63) is 41.2 Å². The minimum absolute atomic E-state index is 0.205. The first kappa shape index (κ1) is 11.2. The van der Waals surface area contributed by atoms with Crippen LogP contribution < -0.4 is 0 Å². The molecule has 4 nitrogen and oxygen atoms in total. The van der Waals surface area contributed by atoms with Gasteiger partial charge in [-0.25, -0.2) is 4.68 Å². The zero-order chi connectivity index (χ0) is 12.4. The highest BCUT2D eigenvalue weighted by molar-refractivity contribution is 5.41. The number of nitrogens with zero attached hydrogens (tertiary/aromatic N) is 3. The maximum atomic E-state index is 9.45. The van der Waals surface area contributed by atoms with Crippen molar-refractivity contribution < 1.29 is 5.11 Å². The van der Waals surface area contributed by atoms with Crippen LogP contribution in [0.25, 0.3) is 5.69 Å². The van der Waals surface area contributed by atoms with Crippen molar-refractivity contribution in [1.82, 2.24) is 9.78 Å². The van der Waals surface area contributed by atoms with Crippen LogP contribution in [0.2, 0.25) is 0 Å². The van der Waals surface area contributed by atoms with E-state index >= 15 is 0 Å². The van der Waals surface area contributed by atoms with E-state index in [0.29, 0.717) is 6.42 Å². The molecule has 0 atom stereocenters. The van der Waals surface area contributed by atoms with Gasteiger partial charge in [-0.3, -0.25) is 0 Å². The first-order chi connectivity index (χ1) is 8.13. The topological polar surface area (TPSA) is 61.8 Å². The minimum Gasteiger partial charge on any atom is -0.508 e. The number of hydrogen-bond donors (Lipinski definition) is 1. The number of phenolic OH excluding ortho intramolecular Hbond substituents is 1. The summed E-state index contributed by atoms with van der Waals surface area (Å²) in [6.07, 6.45) is 0.358. The van der Waals surface area contributed by atoms with Crippen LogP contribution in [0, 0.1) is 25.2 Å². The Balaban J connectivity index is 2.54. The lowest BCUT2D eigenvalue weighted by Crippen LogP contribution is -1.99. The summed E-state index contributed by atoms with van der Waals surface area (Å²) in [7, 11) is 0. The van der Waals surface area contributed by atoms with Crippen LogP contribution in [0.3, 0.4) is 0 Å². The van der Waals surface area contributed by atoms with Crippen LogP contribution in [0.1, 0.15) is 17.0 Å². The molecule has 0 saturated carbocycles. The summed E-state index contributed by atoms with van der Waals surface area (Å²) in [5.74, 6) is 0.205. The van der Waals surface area contributed by atoms with Crippen molar-refractivity contribution in [3.63, 3.8) is 0 Å². The number of phenols is 1. The SMILES string of the molecule is Cc1nn(-c2cccc(O)c2)c(C)c1CC#N. The third-order valence-electron chi connectivity index (χ3n) is 2.77. The summed E-state index contributed by atoms with van der Waals surface area (Å²) in [6, 6.07) is 9.04. The monoisotopic (exact) mass is 227 g/mol. The van der Waals surface area contributed by atoms with Crippen LogP contribution in [-0.2, 0) is 6.42 Å². The molecule has 0 amide bonds. The first-order valence-electron chi connectivity index (χ1n) is 5.35. The van der Waals surface area contributed by atoms with E-state index in [4.69, 9.17) is 5.26 Å². The van der Waals surface area contributed by atoms with Gasteiger partial charge in [-0.05, 0) is 26.0 Å². The summed E-state index contributed by atoms with van der Waals surface area (Å²) in [4.78, 5) is 0. The Morgan fingerprint density at radius 1 is 1.41 bits per heavy atom. The zero-order valence-corrected chi connectivity index (χ0v) is 9.81. The van der Waals surface area contributed by atoms with Crippen molar-refractivity contribution >= 4 is 0 Å². The standard InChI is InChI=1S/C13H13N3O/c1-9-13(6-7-14)10(2)16(15-9)11-4-3-5-12(17)8-11/h3-5,8,17H,6H2,1-2H3. The van der Waals surface area contributed by atoms with Crippen molar-refractivity contribution in [1.29, 1.82) is 5.26 Å². The Hall–Kier alpha value is -2.28. The number of nitriles is 1. The average Bonchev–Trinajstić information content (AvgIpc) is 2.57. The van der Waals surface area contributed by atoms with Crippen molar-refractivity contribution in [2.24, 2.45) is 0 Å². The number of aryl methyl sites for hydroxylation is 1. The molecule has 0 aliphatic rings. The zero-order valence-electron chi connectivity index (χ0n) is 9.81. The molecule has 1 N–H and O–H groups in total. The van der Waals surface area contributed by atoms with E-state index in [1.165, 1.54) is 0 Å². The number of rotatable bonds is 2. The Morgan fingerprint density at radius 2 is 2.18 bits per heavy atom. The van der Waals surface area contributed by atoms with Crippen LogP contribution in [0.15, 0.2) is 24.3 Å². The second-order valence-corrected chi connectivity index (χ2v) is 3.92. The fraction of sp³-hybridized carbons (Fsp3) is 0.231. The minimum atomic E-state index is 0.205. The largest absolute Gasteiger partial charge is 0.508 e. The number of aromatic hydroxyl groups is 1. The van der Waals surface area contributed by atoms with Crippen molar-refractivity contribution in [2.45, 2.75) is 20.3 Å². The van der Waals surface area contributed by atoms with Gasteiger partial charge in [-0.15, -0.1) is 0 Å². The predicted molar refractivity (Wildman–Crippen MR) is 64.0 cm³/mol. The molecule has 1 aromatic heterocycles. The number of aromatic nitrogens is 2. The second kappa shape index (κ2) is 4.30. The van der Waals surface area contributed by atoms with Gasteiger partial charge in [0, 0.05) is 17.3 Å². The summed E-state index contributed by atoms with van der Waals surface area (Å²) in [5.41, 5.74) is 3.55. The summed E-state index contributed by atoms with van der Waals surface area (Å²) >= 11 is 0. The van der Waals surface area contributed by atoms with Gasteiger partial charge >= 0.3 is 0 Å². The van der Waals surface area contributed by atoms with Crippen LogP contribution >= 0.6 is 0 Å². The first-order valence-corrected chi connectivity index (χ1v) is 5.35. The molecule has 2 rings (SSSR count). The maximum Gasteiger partial charge on any atom is 0.117 e. The van der Waals surface area contributed by atoms with Crippen molar-refractivity contribution in [3.8, 4) is 17.5 Å². The van der Waals surface area contributed by atoms with E-state index in [1.54, 1.807) is 22.9 Å². The van der Waals surface area contributed by atoms with E-state index in [1.807, 2.05) is 19.9 Å². The average molecular weight is 227 g/mol. The van der Waals surface area contributed by atoms with Gasteiger partial charge in [0.05, 0.1) is 23.9 Å². The van der Waals surface area contributed by atoms with Gasteiger partial charge in [-0.2, -0.15) is 10.4 Å². The van der Waals surface area contributed by atoms with Crippen LogP contribution in [0.4, 0.5) is 0 Å². The Bertz CT molecular complexity index is 593. The molecular weight excluding hydrogens is 214 g/mol. The lowest BCUT2D eigenvalue weighted by atomic mass is 10.1. The Kier molecular flexibility index (Phi) is 2.84. The van der Waals surface area contributed by atoms with E-state index < -0.39 is 0 Å². The molecule has 4 heteroatoms. The molecule has 0 saturated heterocycles. The lowest BCUT2D eigenvalue weighted by molar-refractivity contribution is 0.474. The van der Waals surface area contributed by atoms with Crippen molar-refractivity contribution in [2.75, 3.05) is 0 Å². The molecule has 1 heterocycles. The number of hydrogen-bond acceptors (Lipinski definition) is 3. The fourth-order valence-electron chi connectivity index (χ4n) is 1.89. The molecule has 1 aromatic carbocycles. The molecule has 0 aliphatic heterocycles. The highest BCUT2D eigenvalue weighted by atomic mass is 16.3. The van der Waals surface area contributed by atoms with Gasteiger partial charge in [0.1, 0.15) is 5.75 Å². The maximum absolute atomic E-state index is 9.45. The predicted octanol–water partition coefficient (Wildman–Crippen LogP) is 2.26. The molecule has 2 aromatic rings. The molecule has 0 radical (unpaired) electrons. The van der Waals surface area contributed by atoms with E-state index in [2.05, 4.69) is 11.2 Å². The summed E-state index contributed by atoms with van der Waals surface area (Å²) in [6.45, 7) is 3.82. The fourth-order valence-corrected chi connectivity index (χ4v) is 1.89. The smallest absolute Gasteiger partial charge is 0.117 e. The molecule has 86 valence electrons. The third-order valence-corrected chi connectivity index (χ3v) is 2.77. The quantitative estimate of drug-likeness (QED) is 0.856. The van der Waals surface area contributed by atoms with E-state index in [-0.39, 0.29) is 5.75 Å². The van der Waals surface area contributed by atoms with E-state index in [0.717, 1.165) is 22.6 Å². The summed E-state index contributed by atoms with van der Waals surface area (Å²) < 4.78 is 1.75. The molecule has 0 spiro atoms. The van der Waals surface area contributed by atoms with Crippen LogP contribution in [-0.4, -0.2) is 14.9 Å². The highest BCUT2D eigenvalue weighted by Gasteiger charge is 2.12. The van der Waals surface area contributed by atoms with E-state index in [9.17, 15) is 5.11 Å². The molecule has 0 unspecified atom stereocenters. The lowest BCUT2D eigenvalue weighted by Gasteiger charge is -2.04. The van der Waals surface area contributed by atoms with Gasteiger partial charge in [0.2, 0.25) is 0 Å². The molecule has 0 aliphatic carbocycles. The Labute approximate surface area is 99.7 Å². The molecule has 0 fully saturated rings. The Morgan fingerprint density at radius 3 is 2.82 bits per heavy atom. The number of benzene rings is 1. The van der Waals surface area contributed by atoms with Crippen LogP contribution in [0.5, 0.6) is 5.75 Å². The van der Waals surface area contributed by atoms with Gasteiger partial charge in [0.25, 0.3) is 0 Å². The van der Waals surface area contributed by atoms with Gasteiger partial charge in [0.15, 0.2) is 0 Å². The normalized spacial score (nSPS) is 10.2. The summed E-state index contributed by atoms with van der Waals surface area (Å²) in [5, 5.41) is 22.6. The molecule has 17 heavy (non-hydrogen) atoms. The highest BCUT2D eigenvalue weighted by Crippen LogP contribution is 2.20. The third kappa shape index (κ3) is 2.00. The molecule has 0 bridgehead atoms. The van der Waals surface area contributed by atoms with Gasteiger partial charge in [-0.1, -0.05) is 6.07 Å². The second-order valence-electron chi connectivity index (χ2n) is 3.92. The van der Waals surface area contributed by atoms with Gasteiger partial charge < -0.3 is 5.11 Å². The molecular formula is C13H13N3O.